The minimum absolute atomic E-state index is 0. The molecular weight excluding hydrogens is 375 g/mol. The summed E-state index contributed by atoms with van der Waals surface area (Å²) in [6.07, 6.45) is 5.63. The fourth-order valence-electron chi connectivity index (χ4n) is 2.88. The lowest BCUT2D eigenvalue weighted by Gasteiger charge is -2.12. The molecule has 0 bridgehead atoms. The normalized spacial score (nSPS) is 18.2. The van der Waals surface area contributed by atoms with E-state index in [2.05, 4.69) is 15.6 Å². The Morgan fingerprint density at radius 1 is 1.00 bits per heavy atom. The molecule has 1 aliphatic carbocycles. The van der Waals surface area contributed by atoms with Gasteiger partial charge >= 0.3 is 0 Å². The molecule has 0 saturated heterocycles. The lowest BCUT2D eigenvalue weighted by atomic mass is 10.1. The van der Waals surface area contributed by atoms with Gasteiger partial charge in [-0.25, -0.2) is 0 Å². The van der Waals surface area contributed by atoms with Crippen molar-refractivity contribution in [3.63, 3.8) is 0 Å². The highest BCUT2D eigenvalue weighted by molar-refractivity contribution is 6.05. The van der Waals surface area contributed by atoms with E-state index >= 15 is 0 Å². The molecule has 26 heavy (non-hydrogen) atoms. The van der Waals surface area contributed by atoms with Crippen LogP contribution in [0.4, 0.5) is 11.4 Å². The number of halogens is 2. The topological polar surface area (TPSA) is 97.1 Å². The van der Waals surface area contributed by atoms with Gasteiger partial charge in [-0.3, -0.25) is 14.6 Å². The maximum Gasteiger partial charge on any atom is 0.255 e. The fourth-order valence-corrected chi connectivity index (χ4v) is 2.88. The van der Waals surface area contributed by atoms with Gasteiger partial charge in [0, 0.05) is 41.3 Å². The zero-order valence-corrected chi connectivity index (χ0v) is 15.7. The van der Waals surface area contributed by atoms with E-state index < -0.39 is 0 Å². The van der Waals surface area contributed by atoms with E-state index in [1.54, 1.807) is 48.8 Å². The van der Waals surface area contributed by atoms with Crippen LogP contribution in [0.1, 0.15) is 29.6 Å². The van der Waals surface area contributed by atoms with E-state index in [9.17, 15) is 9.59 Å². The molecule has 8 heteroatoms. The second-order valence-electron chi connectivity index (χ2n) is 6.03. The van der Waals surface area contributed by atoms with Gasteiger partial charge in [-0.1, -0.05) is 6.07 Å². The van der Waals surface area contributed by atoms with Crippen LogP contribution in [0.3, 0.4) is 0 Å². The smallest absolute Gasteiger partial charge is 0.255 e. The van der Waals surface area contributed by atoms with E-state index in [0.29, 0.717) is 23.4 Å². The lowest BCUT2D eigenvalue weighted by Crippen LogP contribution is -2.23. The van der Waals surface area contributed by atoms with Gasteiger partial charge in [0.05, 0.1) is 0 Å². The summed E-state index contributed by atoms with van der Waals surface area (Å²) in [5, 5.41) is 5.67. The highest BCUT2D eigenvalue weighted by Crippen LogP contribution is 2.25. The summed E-state index contributed by atoms with van der Waals surface area (Å²) in [6, 6.07) is 10.4. The first kappa shape index (κ1) is 21.9. The number of pyridine rings is 1. The number of nitrogens with one attached hydrogen (secondary N) is 2. The van der Waals surface area contributed by atoms with Crippen molar-refractivity contribution in [1.29, 1.82) is 0 Å². The molecule has 1 aliphatic rings. The molecule has 4 N–H and O–H groups in total. The molecule has 2 aromatic rings. The number of nitrogens with two attached hydrogens (primary N) is 1. The number of aromatic nitrogens is 1. The third-order valence-electron chi connectivity index (χ3n) is 4.17. The molecule has 2 amide bonds. The van der Waals surface area contributed by atoms with Crippen molar-refractivity contribution in [2.24, 2.45) is 11.7 Å². The largest absolute Gasteiger partial charge is 0.328 e. The summed E-state index contributed by atoms with van der Waals surface area (Å²) in [5.41, 5.74) is 7.62. The van der Waals surface area contributed by atoms with E-state index in [0.717, 1.165) is 12.8 Å². The quantitative estimate of drug-likeness (QED) is 0.738. The third-order valence-corrected chi connectivity index (χ3v) is 4.17. The Labute approximate surface area is 164 Å². The van der Waals surface area contributed by atoms with Gasteiger partial charge in [0.15, 0.2) is 0 Å². The molecule has 0 aliphatic heterocycles. The molecule has 1 aromatic heterocycles. The SMILES string of the molecule is Cl.Cl.NC1CCC(C(=O)Nc2cccc(C(=O)Nc3ccncc3)c2)C1. The number of carbonyl (C=O) groups excluding carboxylic acids is 2. The van der Waals surface area contributed by atoms with E-state index in [4.69, 9.17) is 5.73 Å². The van der Waals surface area contributed by atoms with Crippen molar-refractivity contribution in [2.75, 3.05) is 10.6 Å². The Balaban J connectivity index is 0.00000169. The molecule has 1 fully saturated rings. The van der Waals surface area contributed by atoms with Crippen molar-refractivity contribution in [1.82, 2.24) is 4.98 Å². The van der Waals surface area contributed by atoms with Gasteiger partial charge in [-0.15, -0.1) is 24.8 Å². The summed E-state index contributed by atoms with van der Waals surface area (Å²) in [7, 11) is 0. The number of hydrogen-bond donors (Lipinski definition) is 3. The van der Waals surface area contributed by atoms with Crippen LogP contribution in [-0.4, -0.2) is 22.8 Å². The van der Waals surface area contributed by atoms with Gasteiger partial charge in [-0.05, 0) is 49.6 Å². The number of carbonyl (C=O) groups is 2. The molecule has 1 aromatic carbocycles. The Kier molecular flexibility index (Phi) is 8.51. The standard InChI is InChI=1S/C18H20N4O2.2ClH/c19-14-5-4-13(10-14)18(24)22-16-3-1-2-12(11-16)17(23)21-15-6-8-20-9-7-15;;/h1-3,6-9,11,13-14H,4-5,10,19H2,(H,22,24)(H,20,21,23);2*1H. The van der Waals surface area contributed by atoms with Gasteiger partial charge in [0.25, 0.3) is 5.91 Å². The Morgan fingerprint density at radius 3 is 2.38 bits per heavy atom. The number of nitrogens with zero attached hydrogens (tertiary/aromatic N) is 1. The van der Waals surface area contributed by atoms with Crippen LogP contribution < -0.4 is 16.4 Å². The summed E-state index contributed by atoms with van der Waals surface area (Å²) >= 11 is 0. The predicted octanol–water partition coefficient (Wildman–Crippen LogP) is 3.24. The summed E-state index contributed by atoms with van der Waals surface area (Å²) in [4.78, 5) is 28.5. The summed E-state index contributed by atoms with van der Waals surface area (Å²) < 4.78 is 0. The fraction of sp³-hybridized carbons (Fsp3) is 0.278. The highest BCUT2D eigenvalue weighted by atomic mass is 35.5. The van der Waals surface area contributed by atoms with Crippen molar-refractivity contribution in [3.05, 3.63) is 54.4 Å². The predicted molar refractivity (Wildman–Crippen MR) is 107 cm³/mol. The third kappa shape index (κ3) is 5.69. The Morgan fingerprint density at radius 2 is 1.73 bits per heavy atom. The van der Waals surface area contributed by atoms with Crippen LogP contribution in [0.2, 0.25) is 0 Å². The van der Waals surface area contributed by atoms with Crippen molar-refractivity contribution in [3.8, 4) is 0 Å². The van der Waals surface area contributed by atoms with Crippen molar-refractivity contribution in [2.45, 2.75) is 25.3 Å². The molecule has 0 spiro atoms. The minimum atomic E-state index is -0.236. The molecule has 2 unspecified atom stereocenters. The molecule has 140 valence electrons. The van der Waals surface area contributed by atoms with Gasteiger partial charge in [0.2, 0.25) is 5.91 Å². The summed E-state index contributed by atoms with van der Waals surface area (Å²) in [6.45, 7) is 0. The van der Waals surface area contributed by atoms with Crippen molar-refractivity contribution >= 4 is 48.0 Å². The zero-order valence-electron chi connectivity index (χ0n) is 14.1. The average Bonchev–Trinajstić information content (AvgIpc) is 3.03. The van der Waals surface area contributed by atoms with Crippen LogP contribution in [0.15, 0.2) is 48.8 Å². The van der Waals surface area contributed by atoms with Crippen LogP contribution in [0.25, 0.3) is 0 Å². The van der Waals surface area contributed by atoms with Crippen LogP contribution in [-0.2, 0) is 4.79 Å². The zero-order chi connectivity index (χ0) is 16.9. The second-order valence-corrected chi connectivity index (χ2v) is 6.03. The number of anilines is 2. The molecule has 6 nitrogen and oxygen atoms in total. The number of benzene rings is 1. The molecule has 1 saturated carbocycles. The molecule has 1 heterocycles. The van der Waals surface area contributed by atoms with Crippen LogP contribution in [0.5, 0.6) is 0 Å². The first-order valence-electron chi connectivity index (χ1n) is 8.00. The van der Waals surface area contributed by atoms with E-state index in [-0.39, 0.29) is 48.6 Å². The summed E-state index contributed by atoms with van der Waals surface area (Å²) in [5.74, 6) is -0.316. The maximum atomic E-state index is 12.3. The van der Waals surface area contributed by atoms with Gasteiger partial charge < -0.3 is 16.4 Å². The second kappa shape index (κ2) is 10.1. The highest BCUT2D eigenvalue weighted by Gasteiger charge is 2.27. The number of hydrogen-bond acceptors (Lipinski definition) is 4. The molecule has 3 rings (SSSR count). The maximum absolute atomic E-state index is 12.3. The molecule has 0 radical (unpaired) electrons. The Hall–Kier alpha value is -2.15. The first-order valence-corrected chi connectivity index (χ1v) is 8.00. The van der Waals surface area contributed by atoms with Crippen molar-refractivity contribution < 1.29 is 9.59 Å². The van der Waals surface area contributed by atoms with Crippen LogP contribution in [0, 0.1) is 5.92 Å². The Bertz CT molecular complexity index is 743. The van der Waals surface area contributed by atoms with E-state index in [1.807, 2.05) is 0 Å². The first-order chi connectivity index (χ1) is 11.6. The molecule has 2 atom stereocenters. The molecular formula is C18H22Cl2N4O2. The van der Waals surface area contributed by atoms with E-state index in [1.165, 1.54) is 0 Å². The minimum Gasteiger partial charge on any atom is -0.328 e. The van der Waals surface area contributed by atoms with Gasteiger partial charge in [0.1, 0.15) is 0 Å². The van der Waals surface area contributed by atoms with Gasteiger partial charge in [-0.2, -0.15) is 0 Å². The number of rotatable bonds is 4. The number of amides is 2. The van der Waals surface area contributed by atoms with Crippen LogP contribution >= 0.6 is 24.8 Å². The monoisotopic (exact) mass is 396 g/mol. The lowest BCUT2D eigenvalue weighted by molar-refractivity contribution is -0.119. The average molecular weight is 397 g/mol.